The number of benzene rings is 1. The van der Waals surface area contributed by atoms with Crippen LogP contribution in [0.4, 0.5) is 4.39 Å². The number of amides is 1. The summed E-state index contributed by atoms with van der Waals surface area (Å²) in [6.45, 7) is 3.72. The summed E-state index contributed by atoms with van der Waals surface area (Å²) in [5, 5.41) is 2.70. The molecule has 0 unspecified atom stereocenters. The van der Waals surface area contributed by atoms with Crippen LogP contribution in [-0.4, -0.2) is 11.9 Å². The Labute approximate surface area is 96.0 Å². The van der Waals surface area contributed by atoms with Crippen molar-refractivity contribution in [3.63, 3.8) is 0 Å². The van der Waals surface area contributed by atoms with Gasteiger partial charge in [0.05, 0.1) is 0 Å². The fourth-order valence-electron chi connectivity index (χ4n) is 0.983. The average Bonchev–Trinajstić information content (AvgIpc) is 2.08. The van der Waals surface area contributed by atoms with Gasteiger partial charge in [-0.3, -0.25) is 4.79 Å². The van der Waals surface area contributed by atoms with Crippen LogP contribution >= 0.6 is 22.6 Å². The maximum Gasteiger partial charge on any atom is 0.251 e. The summed E-state index contributed by atoms with van der Waals surface area (Å²) in [4.78, 5) is 11.4. The molecule has 0 radical (unpaired) electrons. The van der Waals surface area contributed by atoms with Crippen molar-refractivity contribution < 1.29 is 9.18 Å². The molecule has 2 nitrogen and oxygen atoms in total. The maximum absolute atomic E-state index is 13.1. The molecule has 0 fully saturated rings. The van der Waals surface area contributed by atoms with Crippen LogP contribution in [0.25, 0.3) is 0 Å². The monoisotopic (exact) mass is 307 g/mol. The molecule has 0 aliphatic carbocycles. The van der Waals surface area contributed by atoms with E-state index in [1.807, 2.05) is 36.4 Å². The van der Waals surface area contributed by atoms with E-state index in [1.165, 1.54) is 6.07 Å². The molecule has 14 heavy (non-hydrogen) atoms. The van der Waals surface area contributed by atoms with Crippen LogP contribution in [0.3, 0.4) is 0 Å². The smallest absolute Gasteiger partial charge is 0.251 e. The fourth-order valence-corrected chi connectivity index (χ4v) is 1.32. The molecule has 0 spiro atoms. The molecule has 0 saturated carbocycles. The van der Waals surface area contributed by atoms with Gasteiger partial charge in [-0.1, -0.05) is 0 Å². The van der Waals surface area contributed by atoms with Crippen molar-refractivity contribution >= 4 is 28.5 Å². The van der Waals surface area contributed by atoms with E-state index in [0.717, 1.165) is 0 Å². The molecule has 4 heteroatoms. The Morgan fingerprint density at radius 3 is 2.64 bits per heavy atom. The lowest BCUT2D eigenvalue weighted by atomic mass is 10.2. The molecule has 1 aromatic carbocycles. The van der Waals surface area contributed by atoms with E-state index in [4.69, 9.17) is 0 Å². The molecule has 0 aliphatic heterocycles. The first kappa shape index (κ1) is 11.4. The highest BCUT2D eigenvalue weighted by Crippen LogP contribution is 2.12. The van der Waals surface area contributed by atoms with Gasteiger partial charge in [-0.2, -0.15) is 0 Å². The highest BCUT2D eigenvalue weighted by molar-refractivity contribution is 14.1. The van der Waals surface area contributed by atoms with Gasteiger partial charge in [0.2, 0.25) is 0 Å². The van der Waals surface area contributed by atoms with E-state index < -0.39 is 0 Å². The van der Waals surface area contributed by atoms with Crippen LogP contribution in [0, 0.1) is 9.39 Å². The van der Waals surface area contributed by atoms with Gasteiger partial charge in [0, 0.05) is 15.2 Å². The second kappa shape index (κ2) is 4.72. The first-order chi connectivity index (χ1) is 6.50. The van der Waals surface area contributed by atoms with Gasteiger partial charge in [0.25, 0.3) is 5.91 Å². The molecule has 1 aromatic rings. The van der Waals surface area contributed by atoms with E-state index in [0.29, 0.717) is 9.13 Å². The van der Waals surface area contributed by atoms with Gasteiger partial charge in [0.1, 0.15) is 5.82 Å². The highest BCUT2D eigenvalue weighted by Gasteiger charge is 2.08. The van der Waals surface area contributed by atoms with Crippen molar-refractivity contribution in [3.05, 3.63) is 33.1 Å². The van der Waals surface area contributed by atoms with E-state index in [1.54, 1.807) is 12.1 Å². The number of halogens is 2. The molecule has 0 saturated heterocycles. The van der Waals surface area contributed by atoms with E-state index in [2.05, 4.69) is 5.32 Å². The predicted octanol–water partition coefficient (Wildman–Crippen LogP) is 2.57. The summed E-state index contributed by atoms with van der Waals surface area (Å²) < 4.78 is 13.6. The summed E-state index contributed by atoms with van der Waals surface area (Å²) in [6.07, 6.45) is 0. The molecule has 0 bridgehead atoms. The van der Waals surface area contributed by atoms with Crippen molar-refractivity contribution in [2.45, 2.75) is 19.9 Å². The molecule has 0 atom stereocenters. The van der Waals surface area contributed by atoms with Crippen LogP contribution in [0.15, 0.2) is 18.2 Å². The Kier molecular flexibility index (Phi) is 3.86. The lowest BCUT2D eigenvalue weighted by molar-refractivity contribution is 0.0942. The van der Waals surface area contributed by atoms with Crippen molar-refractivity contribution in [2.24, 2.45) is 0 Å². The van der Waals surface area contributed by atoms with E-state index in [-0.39, 0.29) is 17.8 Å². The van der Waals surface area contributed by atoms with E-state index >= 15 is 0 Å². The summed E-state index contributed by atoms with van der Waals surface area (Å²) >= 11 is 1.88. The summed E-state index contributed by atoms with van der Waals surface area (Å²) in [6, 6.07) is 4.51. The van der Waals surface area contributed by atoms with E-state index in [9.17, 15) is 9.18 Å². The molecular formula is C10H11FINO. The van der Waals surface area contributed by atoms with Gasteiger partial charge in [0.15, 0.2) is 0 Å². The molecule has 76 valence electrons. The third-order valence-corrected chi connectivity index (χ3v) is 2.48. The normalized spacial score (nSPS) is 10.4. The fraction of sp³-hybridized carbons (Fsp3) is 0.300. The lowest BCUT2D eigenvalue weighted by Crippen LogP contribution is -2.30. The van der Waals surface area contributed by atoms with Crippen LogP contribution in [0.1, 0.15) is 24.2 Å². The minimum absolute atomic E-state index is 0.0600. The number of rotatable bonds is 2. The zero-order valence-electron chi connectivity index (χ0n) is 7.97. The van der Waals surface area contributed by atoms with Crippen LogP contribution in [0.5, 0.6) is 0 Å². The summed E-state index contributed by atoms with van der Waals surface area (Å²) in [7, 11) is 0. The lowest BCUT2D eigenvalue weighted by Gasteiger charge is -2.08. The Morgan fingerprint density at radius 2 is 2.14 bits per heavy atom. The largest absolute Gasteiger partial charge is 0.350 e. The molecule has 0 heterocycles. The molecule has 1 N–H and O–H groups in total. The van der Waals surface area contributed by atoms with Crippen molar-refractivity contribution in [1.82, 2.24) is 5.32 Å². The Morgan fingerprint density at radius 1 is 1.50 bits per heavy atom. The van der Waals surface area contributed by atoms with Crippen LogP contribution in [-0.2, 0) is 0 Å². The summed E-state index contributed by atoms with van der Waals surface area (Å²) in [5.74, 6) is -0.600. The number of carbonyl (C=O) groups is 1. The zero-order chi connectivity index (χ0) is 10.7. The predicted molar refractivity (Wildman–Crippen MR) is 61.7 cm³/mol. The van der Waals surface area contributed by atoms with Crippen LogP contribution in [0.2, 0.25) is 0 Å². The van der Waals surface area contributed by atoms with Gasteiger partial charge in [-0.25, -0.2) is 4.39 Å². The minimum atomic E-state index is -0.359. The molecular weight excluding hydrogens is 296 g/mol. The van der Waals surface area contributed by atoms with Gasteiger partial charge < -0.3 is 5.32 Å². The minimum Gasteiger partial charge on any atom is -0.350 e. The standard InChI is InChI=1S/C10H11FINO/c1-6(2)13-10(14)7-3-4-9(12)8(11)5-7/h3-6H,1-2H3,(H,13,14). The maximum atomic E-state index is 13.1. The average molecular weight is 307 g/mol. The second-order valence-corrected chi connectivity index (χ2v) is 4.42. The first-order valence-corrected chi connectivity index (χ1v) is 5.34. The van der Waals surface area contributed by atoms with Crippen molar-refractivity contribution in [3.8, 4) is 0 Å². The Balaban J connectivity index is 2.86. The van der Waals surface area contributed by atoms with Crippen molar-refractivity contribution in [2.75, 3.05) is 0 Å². The number of hydrogen-bond donors (Lipinski definition) is 1. The quantitative estimate of drug-likeness (QED) is 0.836. The van der Waals surface area contributed by atoms with Crippen LogP contribution < -0.4 is 5.32 Å². The molecule has 1 rings (SSSR count). The zero-order valence-corrected chi connectivity index (χ0v) is 10.1. The third-order valence-electron chi connectivity index (χ3n) is 1.60. The molecule has 0 aliphatic rings. The van der Waals surface area contributed by atoms with Gasteiger partial charge >= 0.3 is 0 Å². The second-order valence-electron chi connectivity index (χ2n) is 3.26. The van der Waals surface area contributed by atoms with Crippen molar-refractivity contribution in [1.29, 1.82) is 0 Å². The molecule has 1 amide bonds. The third kappa shape index (κ3) is 2.94. The number of hydrogen-bond acceptors (Lipinski definition) is 1. The Hall–Kier alpha value is -0.650. The number of carbonyl (C=O) groups excluding carboxylic acids is 1. The topological polar surface area (TPSA) is 29.1 Å². The first-order valence-electron chi connectivity index (χ1n) is 4.26. The van der Waals surface area contributed by atoms with Gasteiger partial charge in [-0.15, -0.1) is 0 Å². The number of nitrogens with one attached hydrogen (secondary N) is 1. The van der Waals surface area contributed by atoms with Gasteiger partial charge in [-0.05, 0) is 54.6 Å². The Bertz CT molecular complexity index is 352. The summed E-state index contributed by atoms with van der Waals surface area (Å²) in [5.41, 5.74) is 0.358. The highest BCUT2D eigenvalue weighted by atomic mass is 127. The molecule has 0 aromatic heterocycles. The SMILES string of the molecule is CC(C)NC(=O)c1ccc(I)c(F)c1.